The minimum absolute atomic E-state index is 0.103. The van der Waals surface area contributed by atoms with E-state index >= 15 is 0 Å². The van der Waals surface area contributed by atoms with Crippen molar-refractivity contribution in [2.45, 2.75) is 13.0 Å². The molecule has 1 aromatic heterocycles. The fourth-order valence-electron chi connectivity index (χ4n) is 1.99. The number of nitrogens with zero attached hydrogens (tertiary/aromatic N) is 2. The molecule has 6 heteroatoms. The number of nitrogens with one attached hydrogen (secondary N) is 1. The quantitative estimate of drug-likeness (QED) is 0.777. The highest BCUT2D eigenvalue weighted by Crippen LogP contribution is 2.31. The third-order valence-corrected chi connectivity index (χ3v) is 4.05. The van der Waals surface area contributed by atoms with Gasteiger partial charge in [0, 0.05) is 21.0 Å². The first kappa shape index (κ1) is 15.5. The molecule has 0 radical (unpaired) electrons. The molecule has 0 amide bonds. The van der Waals surface area contributed by atoms with E-state index < -0.39 is 0 Å². The van der Waals surface area contributed by atoms with Crippen molar-refractivity contribution in [1.29, 1.82) is 0 Å². The number of rotatable bonds is 5. The first-order valence-electron chi connectivity index (χ1n) is 6.20. The summed E-state index contributed by atoms with van der Waals surface area (Å²) in [5.41, 5.74) is 1.83. The molecule has 0 fully saturated rings. The molecule has 0 saturated carbocycles. The third-order valence-electron chi connectivity index (χ3n) is 2.84. The van der Waals surface area contributed by atoms with E-state index in [9.17, 15) is 0 Å². The Bertz CT molecular complexity index is 594. The fraction of sp³-hybridized carbons (Fsp3) is 0.286. The summed E-state index contributed by atoms with van der Waals surface area (Å²) < 4.78 is 6.43. The van der Waals surface area contributed by atoms with E-state index in [2.05, 4.69) is 37.9 Å². The highest BCUT2D eigenvalue weighted by molar-refractivity contribution is 14.1. The summed E-state index contributed by atoms with van der Waals surface area (Å²) in [6.45, 7) is 2.85. The molecule has 1 N–H and O–H groups in total. The molecular weight excluding hydrogens is 389 g/mol. The van der Waals surface area contributed by atoms with E-state index in [0.29, 0.717) is 10.9 Å². The zero-order chi connectivity index (χ0) is 14.5. The van der Waals surface area contributed by atoms with Gasteiger partial charge in [-0.25, -0.2) is 4.98 Å². The summed E-state index contributed by atoms with van der Waals surface area (Å²) in [6.07, 6.45) is 3.29. The smallest absolute Gasteiger partial charge is 0.237 e. The van der Waals surface area contributed by atoms with Gasteiger partial charge in [0.1, 0.15) is 5.69 Å². The van der Waals surface area contributed by atoms with E-state index in [1.807, 2.05) is 25.1 Å². The minimum Gasteiger partial charge on any atom is -0.480 e. The highest BCUT2D eigenvalue weighted by Gasteiger charge is 2.22. The van der Waals surface area contributed by atoms with E-state index in [4.69, 9.17) is 16.3 Å². The van der Waals surface area contributed by atoms with Gasteiger partial charge in [-0.1, -0.05) is 18.5 Å². The van der Waals surface area contributed by atoms with Crippen LogP contribution in [0.25, 0.3) is 0 Å². The Balaban J connectivity index is 2.53. The molecule has 0 saturated heterocycles. The van der Waals surface area contributed by atoms with Crippen LogP contribution in [0.5, 0.6) is 5.88 Å². The Hall–Kier alpha value is -0.920. The van der Waals surface area contributed by atoms with Gasteiger partial charge in [-0.05, 0) is 52.9 Å². The molecule has 1 unspecified atom stereocenters. The lowest BCUT2D eigenvalue weighted by Crippen LogP contribution is -2.24. The van der Waals surface area contributed by atoms with Gasteiger partial charge in [0.15, 0.2) is 0 Å². The maximum atomic E-state index is 6.12. The zero-order valence-corrected chi connectivity index (χ0v) is 14.1. The predicted octanol–water partition coefficient (Wildman–Crippen LogP) is 3.44. The fourth-order valence-corrected chi connectivity index (χ4v) is 2.81. The van der Waals surface area contributed by atoms with Crippen LogP contribution >= 0.6 is 34.2 Å². The van der Waals surface area contributed by atoms with Gasteiger partial charge in [0.05, 0.1) is 13.2 Å². The van der Waals surface area contributed by atoms with Crippen molar-refractivity contribution in [3.8, 4) is 5.88 Å². The van der Waals surface area contributed by atoms with Gasteiger partial charge in [0.2, 0.25) is 5.88 Å². The van der Waals surface area contributed by atoms with Crippen LogP contribution in [0.3, 0.4) is 0 Å². The van der Waals surface area contributed by atoms with Crippen molar-refractivity contribution in [2.75, 3.05) is 13.7 Å². The lowest BCUT2D eigenvalue weighted by molar-refractivity contribution is 0.383. The SMILES string of the molecule is CCNC(c1cc(Cl)ccc1I)c1nccnc1OC. The standard InChI is InChI=1S/C14H15ClIN3O/c1-3-17-12(10-8-9(15)4-5-11(10)16)13-14(20-2)19-7-6-18-13/h4-8,12,17H,3H2,1-2H3. The summed E-state index contributed by atoms with van der Waals surface area (Å²) in [4.78, 5) is 8.64. The van der Waals surface area contributed by atoms with Crippen molar-refractivity contribution in [2.24, 2.45) is 0 Å². The van der Waals surface area contributed by atoms with Crippen LogP contribution in [0.2, 0.25) is 5.02 Å². The molecule has 0 bridgehead atoms. The number of benzene rings is 1. The summed E-state index contributed by atoms with van der Waals surface area (Å²) >= 11 is 8.42. The molecule has 2 aromatic rings. The van der Waals surface area contributed by atoms with Crippen LogP contribution in [0.4, 0.5) is 0 Å². The maximum absolute atomic E-state index is 6.12. The molecule has 0 aliphatic heterocycles. The van der Waals surface area contributed by atoms with Gasteiger partial charge < -0.3 is 10.1 Å². The van der Waals surface area contributed by atoms with Crippen LogP contribution in [-0.2, 0) is 0 Å². The first-order chi connectivity index (χ1) is 9.67. The third kappa shape index (κ3) is 3.39. The second kappa shape index (κ2) is 7.19. The lowest BCUT2D eigenvalue weighted by Gasteiger charge is -2.20. The average molecular weight is 404 g/mol. The topological polar surface area (TPSA) is 47.0 Å². The molecule has 4 nitrogen and oxygen atoms in total. The molecule has 106 valence electrons. The number of aromatic nitrogens is 2. The highest BCUT2D eigenvalue weighted by atomic mass is 127. The Kier molecular flexibility index (Phi) is 5.56. The summed E-state index contributed by atoms with van der Waals surface area (Å²) in [7, 11) is 1.60. The lowest BCUT2D eigenvalue weighted by atomic mass is 10.0. The van der Waals surface area contributed by atoms with Crippen LogP contribution in [0.1, 0.15) is 24.2 Å². The number of ether oxygens (including phenoxy) is 1. The molecule has 20 heavy (non-hydrogen) atoms. The molecule has 1 aromatic carbocycles. The Morgan fingerprint density at radius 3 is 2.80 bits per heavy atom. The Morgan fingerprint density at radius 2 is 2.10 bits per heavy atom. The zero-order valence-electron chi connectivity index (χ0n) is 11.2. The van der Waals surface area contributed by atoms with E-state index in [1.54, 1.807) is 19.5 Å². The average Bonchev–Trinajstić information content (AvgIpc) is 2.47. The monoisotopic (exact) mass is 403 g/mol. The van der Waals surface area contributed by atoms with Gasteiger partial charge in [-0.2, -0.15) is 0 Å². The predicted molar refractivity (Wildman–Crippen MR) is 88.3 cm³/mol. The van der Waals surface area contributed by atoms with Crippen LogP contribution < -0.4 is 10.1 Å². The van der Waals surface area contributed by atoms with Gasteiger partial charge in [0.25, 0.3) is 0 Å². The minimum atomic E-state index is -0.103. The molecular formula is C14H15ClIN3O. The van der Waals surface area contributed by atoms with Crippen molar-refractivity contribution < 1.29 is 4.74 Å². The number of methoxy groups -OCH3 is 1. The molecule has 1 heterocycles. The summed E-state index contributed by atoms with van der Waals surface area (Å²) in [5.74, 6) is 0.522. The summed E-state index contributed by atoms with van der Waals surface area (Å²) in [5, 5.41) is 4.11. The largest absolute Gasteiger partial charge is 0.480 e. The Labute approximate surface area is 137 Å². The summed E-state index contributed by atoms with van der Waals surface area (Å²) in [6, 6.07) is 5.72. The second-order valence-electron chi connectivity index (χ2n) is 4.11. The molecule has 0 spiro atoms. The van der Waals surface area contributed by atoms with Crippen molar-refractivity contribution in [3.63, 3.8) is 0 Å². The molecule has 0 aliphatic carbocycles. The van der Waals surface area contributed by atoms with Crippen molar-refractivity contribution in [1.82, 2.24) is 15.3 Å². The molecule has 2 rings (SSSR count). The van der Waals surface area contributed by atoms with Crippen molar-refractivity contribution >= 4 is 34.2 Å². The van der Waals surface area contributed by atoms with Gasteiger partial charge >= 0.3 is 0 Å². The second-order valence-corrected chi connectivity index (χ2v) is 5.71. The van der Waals surface area contributed by atoms with Crippen LogP contribution in [0, 0.1) is 3.57 Å². The van der Waals surface area contributed by atoms with Gasteiger partial charge in [-0.15, -0.1) is 0 Å². The molecule has 1 atom stereocenters. The normalized spacial score (nSPS) is 12.2. The molecule has 0 aliphatic rings. The van der Waals surface area contributed by atoms with E-state index in [0.717, 1.165) is 21.4 Å². The van der Waals surface area contributed by atoms with E-state index in [-0.39, 0.29) is 6.04 Å². The van der Waals surface area contributed by atoms with Crippen LogP contribution in [0.15, 0.2) is 30.6 Å². The van der Waals surface area contributed by atoms with Gasteiger partial charge in [-0.3, -0.25) is 4.98 Å². The first-order valence-corrected chi connectivity index (χ1v) is 7.66. The number of hydrogen-bond donors (Lipinski definition) is 1. The number of halogens is 2. The van der Waals surface area contributed by atoms with E-state index in [1.165, 1.54) is 0 Å². The van der Waals surface area contributed by atoms with Crippen molar-refractivity contribution in [3.05, 3.63) is 50.4 Å². The Morgan fingerprint density at radius 1 is 1.35 bits per heavy atom. The number of hydrogen-bond acceptors (Lipinski definition) is 4. The van der Waals surface area contributed by atoms with Crippen LogP contribution in [-0.4, -0.2) is 23.6 Å². The maximum Gasteiger partial charge on any atom is 0.237 e.